The molecule has 1 amide bonds. The molecule has 18 heavy (non-hydrogen) atoms. The number of benzene rings is 2. The molecule has 4 nitrogen and oxygen atoms in total. The second-order valence-electron chi connectivity index (χ2n) is 3.76. The number of nitrogens with zero attached hydrogens (tertiary/aromatic N) is 1. The van der Waals surface area contributed by atoms with Crippen LogP contribution in [0.4, 0.5) is 5.69 Å². The number of ether oxygens (including phenoxy) is 1. The fourth-order valence-electron chi connectivity index (χ4n) is 1.89. The summed E-state index contributed by atoms with van der Waals surface area (Å²) in [6.45, 7) is 0.911. The van der Waals surface area contributed by atoms with Gasteiger partial charge in [0.25, 0.3) is 6.47 Å². The van der Waals surface area contributed by atoms with Crippen molar-refractivity contribution >= 4 is 29.3 Å². The predicted octanol–water partition coefficient (Wildman–Crippen LogP) is 1.98. The molecule has 0 unspecified atom stereocenters. The third-order valence-electron chi connectivity index (χ3n) is 2.72. The lowest BCUT2D eigenvalue weighted by Gasteiger charge is -2.18. The van der Waals surface area contributed by atoms with E-state index in [1.807, 2.05) is 42.5 Å². The summed E-state index contributed by atoms with van der Waals surface area (Å²) in [6.07, 6.45) is 0.746. The van der Waals surface area contributed by atoms with Crippen LogP contribution in [-0.4, -0.2) is 26.0 Å². The van der Waals surface area contributed by atoms with Gasteiger partial charge >= 0.3 is 0 Å². The van der Waals surface area contributed by atoms with Crippen molar-refractivity contribution in [3.63, 3.8) is 0 Å². The Morgan fingerprint density at radius 2 is 1.83 bits per heavy atom. The molecule has 2 rings (SSSR count). The monoisotopic (exact) mass is 243 g/mol. The molecular formula is C14H13NO3. The second kappa shape index (κ2) is 5.82. The van der Waals surface area contributed by atoms with Crippen molar-refractivity contribution in [3.05, 3.63) is 42.5 Å². The van der Waals surface area contributed by atoms with Gasteiger partial charge in [-0.2, -0.15) is 0 Å². The number of carbonyl (C=O) groups is 2. The molecule has 0 heterocycles. The van der Waals surface area contributed by atoms with Gasteiger partial charge < -0.3 is 9.64 Å². The van der Waals surface area contributed by atoms with E-state index < -0.39 is 0 Å². The molecule has 4 heteroatoms. The minimum absolute atomic E-state index is 0.186. The summed E-state index contributed by atoms with van der Waals surface area (Å²) in [5.74, 6) is 0. The predicted molar refractivity (Wildman–Crippen MR) is 69.4 cm³/mol. The van der Waals surface area contributed by atoms with Crippen molar-refractivity contribution in [1.82, 2.24) is 0 Å². The maximum Gasteiger partial charge on any atom is 0.293 e. The lowest BCUT2D eigenvalue weighted by molar-refractivity contribution is -0.128. The number of hydrogen-bond donors (Lipinski definition) is 0. The van der Waals surface area contributed by atoms with Crippen LogP contribution in [0.2, 0.25) is 0 Å². The van der Waals surface area contributed by atoms with E-state index in [9.17, 15) is 9.59 Å². The van der Waals surface area contributed by atoms with E-state index in [4.69, 9.17) is 0 Å². The molecule has 0 saturated heterocycles. The first-order chi connectivity index (χ1) is 8.86. The minimum atomic E-state index is 0.186. The van der Waals surface area contributed by atoms with E-state index >= 15 is 0 Å². The molecule has 0 spiro atoms. The normalized spacial score (nSPS) is 10.0. The Labute approximate surface area is 105 Å². The van der Waals surface area contributed by atoms with Crippen LogP contribution in [0.25, 0.3) is 10.8 Å². The molecule has 0 saturated carbocycles. The first-order valence-electron chi connectivity index (χ1n) is 5.62. The molecule has 0 N–H and O–H groups in total. The Bertz CT molecular complexity index is 548. The van der Waals surface area contributed by atoms with Gasteiger partial charge in [-0.3, -0.25) is 9.59 Å². The highest BCUT2D eigenvalue weighted by Gasteiger charge is 2.08. The Kier molecular flexibility index (Phi) is 3.91. The molecule has 2 aromatic carbocycles. The van der Waals surface area contributed by atoms with Crippen molar-refractivity contribution in [3.8, 4) is 0 Å². The second-order valence-corrected chi connectivity index (χ2v) is 3.76. The lowest BCUT2D eigenvalue weighted by atomic mass is 10.1. The highest BCUT2D eigenvalue weighted by atomic mass is 16.5. The molecule has 92 valence electrons. The average Bonchev–Trinajstić information content (AvgIpc) is 2.43. The smallest absolute Gasteiger partial charge is 0.293 e. The number of rotatable bonds is 6. The first kappa shape index (κ1) is 12.1. The summed E-state index contributed by atoms with van der Waals surface area (Å²) in [5.41, 5.74) is 0.817. The van der Waals surface area contributed by atoms with Crippen molar-refractivity contribution in [2.24, 2.45) is 0 Å². The molecule has 0 aliphatic carbocycles. The maximum atomic E-state index is 11.1. The van der Waals surface area contributed by atoms with Gasteiger partial charge in [-0.1, -0.05) is 36.4 Å². The molecular weight excluding hydrogens is 230 g/mol. The Hall–Kier alpha value is -2.36. The zero-order valence-corrected chi connectivity index (χ0v) is 9.78. The van der Waals surface area contributed by atoms with E-state index in [1.165, 1.54) is 4.90 Å². The van der Waals surface area contributed by atoms with E-state index in [0.29, 0.717) is 13.0 Å². The molecule has 0 aliphatic rings. The van der Waals surface area contributed by atoms with Gasteiger partial charge in [0.1, 0.15) is 6.61 Å². The fraction of sp³-hybridized carbons (Fsp3) is 0.143. The van der Waals surface area contributed by atoms with Crippen molar-refractivity contribution in [1.29, 1.82) is 0 Å². The largest absolute Gasteiger partial charge is 0.466 e. The summed E-state index contributed by atoms with van der Waals surface area (Å²) in [6, 6.07) is 13.6. The Balaban J connectivity index is 2.32. The van der Waals surface area contributed by atoms with Crippen LogP contribution in [0.1, 0.15) is 0 Å². The number of amides is 1. The van der Waals surface area contributed by atoms with Crippen LogP contribution in [0, 0.1) is 0 Å². The molecule has 0 aromatic heterocycles. The standard InChI is InChI=1S/C14H13NO3/c16-10-15(8-9-18-11-17)14-7-3-5-12-4-1-2-6-13(12)14/h1-7,10-11H,8-9H2. The Morgan fingerprint density at radius 3 is 2.61 bits per heavy atom. The van der Waals surface area contributed by atoms with Crippen LogP contribution in [0.3, 0.4) is 0 Å². The fourth-order valence-corrected chi connectivity index (χ4v) is 1.89. The van der Waals surface area contributed by atoms with E-state index in [-0.39, 0.29) is 6.61 Å². The van der Waals surface area contributed by atoms with Crippen LogP contribution in [-0.2, 0) is 14.3 Å². The molecule has 0 bridgehead atoms. The van der Waals surface area contributed by atoms with Gasteiger partial charge in [-0.05, 0) is 11.5 Å². The topological polar surface area (TPSA) is 46.6 Å². The Morgan fingerprint density at radius 1 is 1.06 bits per heavy atom. The summed E-state index contributed by atoms with van der Waals surface area (Å²) >= 11 is 0. The summed E-state index contributed by atoms with van der Waals surface area (Å²) in [4.78, 5) is 22.8. The van der Waals surface area contributed by atoms with Crippen LogP contribution in [0.5, 0.6) is 0 Å². The zero-order chi connectivity index (χ0) is 12.8. The lowest BCUT2D eigenvalue weighted by Crippen LogP contribution is -2.25. The number of anilines is 1. The highest BCUT2D eigenvalue weighted by molar-refractivity contribution is 5.98. The van der Waals surface area contributed by atoms with Crippen LogP contribution < -0.4 is 4.90 Å². The van der Waals surface area contributed by atoms with Gasteiger partial charge in [-0.15, -0.1) is 0 Å². The van der Waals surface area contributed by atoms with Crippen molar-refractivity contribution in [2.75, 3.05) is 18.1 Å². The molecule has 0 radical (unpaired) electrons. The molecule has 0 aliphatic heterocycles. The summed E-state index contributed by atoms with van der Waals surface area (Å²) < 4.78 is 4.62. The van der Waals surface area contributed by atoms with Gasteiger partial charge in [0, 0.05) is 5.39 Å². The van der Waals surface area contributed by atoms with Gasteiger partial charge in [0.2, 0.25) is 6.41 Å². The molecule has 2 aromatic rings. The molecule has 0 fully saturated rings. The van der Waals surface area contributed by atoms with Gasteiger partial charge in [0.15, 0.2) is 0 Å². The van der Waals surface area contributed by atoms with Crippen molar-refractivity contribution in [2.45, 2.75) is 0 Å². The number of carbonyl (C=O) groups excluding carboxylic acids is 2. The minimum Gasteiger partial charge on any atom is -0.466 e. The van der Waals surface area contributed by atoms with Gasteiger partial charge in [-0.25, -0.2) is 0 Å². The van der Waals surface area contributed by atoms with Gasteiger partial charge in [0.05, 0.1) is 12.2 Å². The van der Waals surface area contributed by atoms with Crippen LogP contribution in [0.15, 0.2) is 42.5 Å². The van der Waals surface area contributed by atoms with E-state index in [2.05, 4.69) is 4.74 Å². The number of fused-ring (bicyclic) bond motifs is 1. The average molecular weight is 243 g/mol. The summed E-state index contributed by atoms with van der Waals surface area (Å²) in [7, 11) is 0. The molecule has 0 atom stereocenters. The third kappa shape index (κ3) is 2.48. The van der Waals surface area contributed by atoms with Crippen molar-refractivity contribution < 1.29 is 14.3 Å². The highest BCUT2D eigenvalue weighted by Crippen LogP contribution is 2.25. The number of hydrogen-bond acceptors (Lipinski definition) is 3. The SMILES string of the molecule is O=COCCN(C=O)c1cccc2ccccc12. The van der Waals surface area contributed by atoms with E-state index in [0.717, 1.165) is 22.9 Å². The maximum absolute atomic E-state index is 11.1. The van der Waals surface area contributed by atoms with E-state index in [1.54, 1.807) is 0 Å². The third-order valence-corrected chi connectivity index (χ3v) is 2.72. The van der Waals surface area contributed by atoms with Crippen LogP contribution >= 0.6 is 0 Å². The zero-order valence-electron chi connectivity index (χ0n) is 9.78. The quantitative estimate of drug-likeness (QED) is 0.575. The summed E-state index contributed by atoms with van der Waals surface area (Å²) in [5, 5.41) is 2.07. The first-order valence-corrected chi connectivity index (χ1v) is 5.62.